The van der Waals surface area contributed by atoms with Gasteiger partial charge in [-0.15, -0.1) is 0 Å². The molecule has 1 unspecified atom stereocenters. The van der Waals surface area contributed by atoms with E-state index in [9.17, 15) is 0 Å². The van der Waals surface area contributed by atoms with Gasteiger partial charge in [-0.3, -0.25) is 0 Å². The van der Waals surface area contributed by atoms with Gasteiger partial charge in [-0.1, -0.05) is 0 Å². The summed E-state index contributed by atoms with van der Waals surface area (Å²) < 4.78 is 17.9. The molecular weight excluding hydrogens is 387 g/mol. The van der Waals surface area contributed by atoms with Gasteiger partial charge < -0.3 is 0 Å². The molecule has 21 heavy (non-hydrogen) atoms. The summed E-state index contributed by atoms with van der Waals surface area (Å²) in [5.74, 6) is 2.18. The van der Waals surface area contributed by atoms with E-state index in [1.165, 1.54) is 45.4 Å². The standard InChI is InChI=1S/C6H5O2S.C5H11.C4H9.C2H5.Sn/c1-2-8-6-4-9-3-5(6)7-1;1-3-5-4-2;1-3-4-2;1-2;/h3H,1-2H2;1,3-5H2,2H3;1,3-4H2,2H3;1H2,2H3;. The fourth-order valence-corrected chi connectivity index (χ4v) is 21.7. The molecule has 2 nitrogen and oxygen atoms in total. The van der Waals surface area contributed by atoms with Crippen LogP contribution in [-0.2, 0) is 0 Å². The zero-order valence-electron chi connectivity index (χ0n) is 13.9. The van der Waals surface area contributed by atoms with Crippen molar-refractivity contribution in [1.82, 2.24) is 0 Å². The molecule has 0 fully saturated rings. The fourth-order valence-electron chi connectivity index (χ4n) is 3.32. The first-order chi connectivity index (χ1) is 10.3. The third-order valence-electron chi connectivity index (χ3n) is 4.73. The van der Waals surface area contributed by atoms with Gasteiger partial charge in [0.05, 0.1) is 0 Å². The van der Waals surface area contributed by atoms with Crippen LogP contribution in [0.25, 0.3) is 0 Å². The van der Waals surface area contributed by atoms with Gasteiger partial charge in [-0.2, -0.15) is 0 Å². The van der Waals surface area contributed by atoms with Crippen LogP contribution < -0.4 is 12.4 Å². The Morgan fingerprint density at radius 2 is 1.71 bits per heavy atom. The SMILES string of the molecule is CCCC[CH2][Sn]([CH2]C)([CH2]CCC)[c]1scc2c1OCCO2. The summed E-state index contributed by atoms with van der Waals surface area (Å²) >= 11 is -0.346. The average Bonchev–Trinajstić information content (AvgIpc) is 2.96. The van der Waals surface area contributed by atoms with Gasteiger partial charge in [0.1, 0.15) is 0 Å². The van der Waals surface area contributed by atoms with E-state index in [-0.39, 0.29) is 0 Å². The summed E-state index contributed by atoms with van der Waals surface area (Å²) in [6, 6.07) is 0. The molecule has 0 saturated heterocycles. The molecule has 0 spiro atoms. The number of ether oxygens (including phenoxy) is 2. The quantitative estimate of drug-likeness (QED) is 0.407. The summed E-state index contributed by atoms with van der Waals surface area (Å²) in [5.41, 5.74) is 0. The predicted octanol–water partition coefficient (Wildman–Crippen LogP) is 5.19. The normalized spacial score (nSPS) is 16.7. The molecule has 1 aliphatic heterocycles. The van der Waals surface area contributed by atoms with Crippen LogP contribution in [0, 0.1) is 0 Å². The number of unbranched alkanes of at least 4 members (excludes halogenated alkanes) is 3. The van der Waals surface area contributed by atoms with Crippen molar-refractivity contribution in [3.05, 3.63) is 5.38 Å². The molecule has 120 valence electrons. The Labute approximate surface area is 138 Å². The molecule has 0 saturated carbocycles. The molecule has 0 N–H and O–H groups in total. The van der Waals surface area contributed by atoms with Crippen LogP contribution in [0.1, 0.15) is 52.9 Å². The minimum atomic E-state index is -2.29. The molecule has 0 aromatic carbocycles. The van der Waals surface area contributed by atoms with Crippen LogP contribution in [0.5, 0.6) is 11.5 Å². The van der Waals surface area contributed by atoms with Crippen LogP contribution in [-0.4, -0.2) is 31.6 Å². The van der Waals surface area contributed by atoms with Crippen molar-refractivity contribution in [2.24, 2.45) is 0 Å². The van der Waals surface area contributed by atoms with Crippen LogP contribution in [0.3, 0.4) is 0 Å². The second kappa shape index (κ2) is 8.66. The van der Waals surface area contributed by atoms with Crippen molar-refractivity contribution in [2.45, 2.75) is 66.2 Å². The second-order valence-corrected chi connectivity index (χ2v) is 21.7. The molecule has 0 amide bonds. The fraction of sp³-hybridized carbons (Fsp3) is 0.765. The van der Waals surface area contributed by atoms with Gasteiger partial charge in [-0.05, 0) is 0 Å². The van der Waals surface area contributed by atoms with Crippen molar-refractivity contribution in [2.75, 3.05) is 13.2 Å². The average molecular weight is 417 g/mol. The van der Waals surface area contributed by atoms with Gasteiger partial charge in [0.15, 0.2) is 0 Å². The van der Waals surface area contributed by atoms with Crippen molar-refractivity contribution >= 4 is 32.6 Å². The summed E-state index contributed by atoms with van der Waals surface area (Å²) in [7, 11) is 0. The third-order valence-corrected chi connectivity index (χ3v) is 24.1. The summed E-state index contributed by atoms with van der Waals surface area (Å²) in [5, 5.41) is 2.21. The van der Waals surface area contributed by atoms with Gasteiger partial charge in [0, 0.05) is 0 Å². The molecule has 2 rings (SSSR count). The van der Waals surface area contributed by atoms with Gasteiger partial charge in [-0.25, -0.2) is 0 Å². The zero-order valence-corrected chi connectivity index (χ0v) is 17.5. The Morgan fingerprint density at radius 3 is 2.43 bits per heavy atom. The number of thiophene rings is 1. The van der Waals surface area contributed by atoms with E-state index >= 15 is 0 Å². The van der Waals surface area contributed by atoms with Crippen LogP contribution in [0.15, 0.2) is 5.38 Å². The summed E-state index contributed by atoms with van der Waals surface area (Å²) in [6.45, 7) is 8.50. The number of fused-ring (bicyclic) bond motifs is 1. The van der Waals surface area contributed by atoms with E-state index in [1.807, 2.05) is 11.3 Å². The van der Waals surface area contributed by atoms with Crippen molar-refractivity contribution in [3.8, 4) is 11.5 Å². The first kappa shape index (κ1) is 17.5. The molecule has 0 aliphatic carbocycles. The minimum absolute atomic E-state index is 0.711. The van der Waals surface area contributed by atoms with Crippen LogP contribution >= 0.6 is 11.3 Å². The van der Waals surface area contributed by atoms with Crippen LogP contribution in [0.4, 0.5) is 0 Å². The molecular formula is C17H30O2SSn. The molecule has 1 atom stereocenters. The van der Waals surface area contributed by atoms with Crippen molar-refractivity contribution in [3.63, 3.8) is 0 Å². The second-order valence-electron chi connectivity index (χ2n) is 6.15. The number of hydrogen-bond acceptors (Lipinski definition) is 3. The van der Waals surface area contributed by atoms with Crippen molar-refractivity contribution in [1.29, 1.82) is 0 Å². The molecule has 4 heteroatoms. The van der Waals surface area contributed by atoms with E-state index in [2.05, 4.69) is 26.2 Å². The van der Waals surface area contributed by atoms with Crippen molar-refractivity contribution < 1.29 is 9.47 Å². The molecule has 1 aliphatic rings. The Bertz CT molecular complexity index is 432. The Kier molecular flexibility index (Phi) is 7.20. The van der Waals surface area contributed by atoms with E-state index in [0.717, 1.165) is 18.1 Å². The monoisotopic (exact) mass is 418 g/mol. The van der Waals surface area contributed by atoms with E-state index in [0.29, 0.717) is 6.61 Å². The topological polar surface area (TPSA) is 18.5 Å². The first-order valence-electron chi connectivity index (χ1n) is 8.65. The Hall–Kier alpha value is 0.0987. The number of hydrogen-bond donors (Lipinski definition) is 0. The maximum absolute atomic E-state index is 6.03. The predicted molar refractivity (Wildman–Crippen MR) is 95.2 cm³/mol. The molecule has 2 heterocycles. The molecule has 1 aromatic heterocycles. The van der Waals surface area contributed by atoms with Crippen LogP contribution in [0.2, 0.25) is 13.3 Å². The van der Waals surface area contributed by atoms with E-state index in [4.69, 9.17) is 9.47 Å². The first-order valence-corrected chi connectivity index (χ1v) is 17.0. The molecule has 1 aromatic rings. The number of rotatable bonds is 9. The molecule has 0 bridgehead atoms. The molecule has 0 radical (unpaired) electrons. The summed E-state index contributed by atoms with van der Waals surface area (Å²) in [4.78, 5) is 0. The van der Waals surface area contributed by atoms with Gasteiger partial charge >= 0.3 is 138 Å². The van der Waals surface area contributed by atoms with E-state index in [1.54, 1.807) is 2.89 Å². The maximum atomic E-state index is 6.03. The summed E-state index contributed by atoms with van der Waals surface area (Å²) in [6.07, 6.45) is 6.83. The van der Waals surface area contributed by atoms with Gasteiger partial charge in [0.2, 0.25) is 0 Å². The third kappa shape index (κ3) is 4.09. The Balaban J connectivity index is 2.26. The van der Waals surface area contributed by atoms with Gasteiger partial charge in [0.25, 0.3) is 0 Å². The van der Waals surface area contributed by atoms with E-state index < -0.39 is 18.4 Å². The zero-order chi connectivity index (χ0) is 15.1. The Morgan fingerprint density at radius 1 is 1.00 bits per heavy atom.